The maximum Gasteiger partial charge on any atom is 0.258 e. The molecule has 0 aromatic heterocycles. The SMILES string of the molecule is CN(C(=O)c1ccc(F)c(Br)c1)c1ccc(O)cc1. The van der Waals surface area contributed by atoms with Crippen molar-refractivity contribution in [1.82, 2.24) is 0 Å². The minimum atomic E-state index is -0.413. The van der Waals surface area contributed by atoms with Gasteiger partial charge in [-0.25, -0.2) is 4.39 Å². The third-order valence-corrected chi connectivity index (χ3v) is 3.32. The Morgan fingerprint density at radius 1 is 1.21 bits per heavy atom. The van der Waals surface area contributed by atoms with Crippen LogP contribution in [0.5, 0.6) is 5.75 Å². The van der Waals surface area contributed by atoms with E-state index in [1.165, 1.54) is 35.2 Å². The highest BCUT2D eigenvalue weighted by molar-refractivity contribution is 9.10. The summed E-state index contributed by atoms with van der Waals surface area (Å²) in [5.41, 5.74) is 1.02. The summed E-state index contributed by atoms with van der Waals surface area (Å²) in [7, 11) is 1.62. The molecule has 0 spiro atoms. The summed E-state index contributed by atoms with van der Waals surface area (Å²) in [5, 5.41) is 9.21. The summed E-state index contributed by atoms with van der Waals surface area (Å²) < 4.78 is 13.4. The highest BCUT2D eigenvalue weighted by Crippen LogP contribution is 2.21. The van der Waals surface area contributed by atoms with Crippen LogP contribution in [0.25, 0.3) is 0 Å². The highest BCUT2D eigenvalue weighted by atomic mass is 79.9. The number of rotatable bonds is 2. The average molecular weight is 324 g/mol. The van der Waals surface area contributed by atoms with Gasteiger partial charge in [-0.3, -0.25) is 4.79 Å². The molecular formula is C14H11BrFNO2. The molecule has 3 nitrogen and oxygen atoms in total. The van der Waals surface area contributed by atoms with Crippen LogP contribution >= 0.6 is 15.9 Å². The zero-order valence-corrected chi connectivity index (χ0v) is 11.7. The molecule has 0 heterocycles. The minimum absolute atomic E-state index is 0.133. The van der Waals surface area contributed by atoms with E-state index in [0.29, 0.717) is 11.3 Å². The molecule has 0 atom stereocenters. The summed E-state index contributed by atoms with van der Waals surface area (Å²) in [6.07, 6.45) is 0. The maximum atomic E-state index is 13.1. The smallest absolute Gasteiger partial charge is 0.258 e. The van der Waals surface area contributed by atoms with Crippen LogP contribution in [0.15, 0.2) is 46.9 Å². The number of amides is 1. The first-order valence-corrected chi connectivity index (χ1v) is 6.30. The molecule has 2 aromatic rings. The summed E-state index contributed by atoms with van der Waals surface area (Å²) in [5.74, 6) is -0.538. The molecular weight excluding hydrogens is 313 g/mol. The lowest BCUT2D eigenvalue weighted by Gasteiger charge is -2.17. The van der Waals surface area contributed by atoms with Gasteiger partial charge in [-0.15, -0.1) is 0 Å². The van der Waals surface area contributed by atoms with Crippen molar-refractivity contribution < 1.29 is 14.3 Å². The van der Waals surface area contributed by atoms with Gasteiger partial charge in [0.2, 0.25) is 0 Å². The van der Waals surface area contributed by atoms with Crippen molar-refractivity contribution in [3.05, 3.63) is 58.3 Å². The second-order valence-corrected chi connectivity index (χ2v) is 4.86. The summed E-state index contributed by atoms with van der Waals surface area (Å²) in [6.45, 7) is 0. The Morgan fingerprint density at radius 3 is 2.42 bits per heavy atom. The van der Waals surface area contributed by atoms with Crippen LogP contribution in [0.3, 0.4) is 0 Å². The monoisotopic (exact) mass is 323 g/mol. The van der Waals surface area contributed by atoms with E-state index in [9.17, 15) is 14.3 Å². The normalized spacial score (nSPS) is 10.3. The summed E-state index contributed by atoms with van der Waals surface area (Å²) in [4.78, 5) is 13.6. The number of hydrogen-bond acceptors (Lipinski definition) is 2. The Kier molecular flexibility index (Phi) is 3.85. The van der Waals surface area contributed by atoms with E-state index < -0.39 is 5.82 Å². The first kappa shape index (κ1) is 13.5. The van der Waals surface area contributed by atoms with Crippen molar-refractivity contribution in [2.24, 2.45) is 0 Å². The van der Waals surface area contributed by atoms with Crippen LogP contribution in [-0.2, 0) is 0 Å². The number of phenolic OH excluding ortho intramolecular Hbond substituents is 1. The van der Waals surface area contributed by atoms with Gasteiger partial charge in [-0.2, -0.15) is 0 Å². The van der Waals surface area contributed by atoms with Crippen LogP contribution in [0.4, 0.5) is 10.1 Å². The van der Waals surface area contributed by atoms with E-state index in [2.05, 4.69) is 15.9 Å². The number of carbonyl (C=O) groups excluding carboxylic acids is 1. The van der Waals surface area contributed by atoms with Crippen molar-refractivity contribution in [2.75, 3.05) is 11.9 Å². The van der Waals surface area contributed by atoms with Crippen LogP contribution < -0.4 is 4.90 Å². The molecule has 0 aliphatic heterocycles. The summed E-state index contributed by atoms with van der Waals surface area (Å²) >= 11 is 3.05. The number of carbonyl (C=O) groups is 1. The largest absolute Gasteiger partial charge is 0.508 e. The van der Waals surface area contributed by atoms with Crippen LogP contribution in [0.2, 0.25) is 0 Å². The fourth-order valence-electron chi connectivity index (χ4n) is 1.62. The van der Waals surface area contributed by atoms with Gasteiger partial charge in [-0.05, 0) is 58.4 Å². The molecule has 2 rings (SSSR count). The van der Waals surface area contributed by atoms with E-state index in [1.54, 1.807) is 19.2 Å². The first-order valence-electron chi connectivity index (χ1n) is 5.51. The number of anilines is 1. The topological polar surface area (TPSA) is 40.5 Å². The van der Waals surface area contributed by atoms with E-state index in [0.717, 1.165) is 0 Å². The molecule has 0 aliphatic rings. The molecule has 0 radical (unpaired) electrons. The van der Waals surface area contributed by atoms with E-state index >= 15 is 0 Å². The van der Waals surface area contributed by atoms with Crippen molar-refractivity contribution in [3.63, 3.8) is 0 Å². The predicted molar refractivity (Wildman–Crippen MR) is 74.9 cm³/mol. The molecule has 1 amide bonds. The Labute approximate surface area is 118 Å². The predicted octanol–water partition coefficient (Wildman–Crippen LogP) is 3.57. The van der Waals surface area contributed by atoms with Crippen LogP contribution in [-0.4, -0.2) is 18.1 Å². The molecule has 0 saturated carbocycles. The van der Waals surface area contributed by atoms with Crippen LogP contribution in [0, 0.1) is 5.82 Å². The molecule has 98 valence electrons. The van der Waals surface area contributed by atoms with Gasteiger partial charge in [0.25, 0.3) is 5.91 Å². The molecule has 1 N–H and O–H groups in total. The van der Waals surface area contributed by atoms with Gasteiger partial charge >= 0.3 is 0 Å². The molecule has 0 saturated heterocycles. The Hall–Kier alpha value is -1.88. The molecule has 2 aromatic carbocycles. The number of benzene rings is 2. The Balaban J connectivity index is 2.28. The second kappa shape index (κ2) is 5.40. The second-order valence-electron chi connectivity index (χ2n) is 4.01. The van der Waals surface area contributed by atoms with Crippen molar-refractivity contribution in [2.45, 2.75) is 0 Å². The lowest BCUT2D eigenvalue weighted by Crippen LogP contribution is -2.26. The molecule has 0 fully saturated rings. The average Bonchev–Trinajstić information content (AvgIpc) is 2.41. The van der Waals surface area contributed by atoms with Gasteiger partial charge in [0, 0.05) is 18.3 Å². The Bertz CT molecular complexity index is 613. The Morgan fingerprint density at radius 2 is 1.84 bits per heavy atom. The summed E-state index contributed by atoms with van der Waals surface area (Å²) in [6, 6.07) is 10.4. The number of nitrogens with zero attached hydrogens (tertiary/aromatic N) is 1. The van der Waals surface area contributed by atoms with Crippen LogP contribution in [0.1, 0.15) is 10.4 Å². The lowest BCUT2D eigenvalue weighted by atomic mass is 10.2. The third kappa shape index (κ3) is 2.93. The van der Waals surface area contributed by atoms with E-state index in [-0.39, 0.29) is 16.1 Å². The zero-order chi connectivity index (χ0) is 14.0. The van der Waals surface area contributed by atoms with Gasteiger partial charge in [0.1, 0.15) is 11.6 Å². The quantitative estimate of drug-likeness (QED) is 0.917. The molecule has 0 unspecified atom stereocenters. The minimum Gasteiger partial charge on any atom is -0.508 e. The third-order valence-electron chi connectivity index (χ3n) is 2.71. The van der Waals surface area contributed by atoms with E-state index in [1.807, 2.05) is 0 Å². The highest BCUT2D eigenvalue weighted by Gasteiger charge is 2.14. The van der Waals surface area contributed by atoms with E-state index in [4.69, 9.17) is 0 Å². The lowest BCUT2D eigenvalue weighted by molar-refractivity contribution is 0.0993. The zero-order valence-electron chi connectivity index (χ0n) is 10.1. The van der Waals surface area contributed by atoms with Gasteiger partial charge in [0.05, 0.1) is 4.47 Å². The number of phenols is 1. The molecule has 0 bridgehead atoms. The van der Waals surface area contributed by atoms with Gasteiger partial charge in [-0.1, -0.05) is 0 Å². The maximum absolute atomic E-state index is 13.1. The molecule has 0 aliphatic carbocycles. The standard InChI is InChI=1S/C14H11BrFNO2/c1-17(10-3-5-11(18)6-4-10)14(19)9-2-7-13(16)12(15)8-9/h2-8,18H,1H3. The fraction of sp³-hybridized carbons (Fsp3) is 0.0714. The van der Waals surface area contributed by atoms with Crippen molar-refractivity contribution in [3.8, 4) is 5.75 Å². The first-order chi connectivity index (χ1) is 8.99. The fourth-order valence-corrected chi connectivity index (χ4v) is 2.00. The van der Waals surface area contributed by atoms with Crippen molar-refractivity contribution >= 4 is 27.5 Å². The van der Waals surface area contributed by atoms with Crippen molar-refractivity contribution in [1.29, 1.82) is 0 Å². The molecule has 5 heteroatoms. The van der Waals surface area contributed by atoms with Gasteiger partial charge < -0.3 is 10.0 Å². The number of halogens is 2. The number of aromatic hydroxyl groups is 1. The number of hydrogen-bond donors (Lipinski definition) is 1. The van der Waals surface area contributed by atoms with Gasteiger partial charge in [0.15, 0.2) is 0 Å². The molecule has 19 heavy (non-hydrogen) atoms.